The maximum absolute atomic E-state index is 12.6. The molecule has 0 fully saturated rings. The zero-order valence-corrected chi connectivity index (χ0v) is 15.9. The van der Waals surface area contributed by atoms with Crippen molar-refractivity contribution in [2.45, 2.75) is 13.0 Å². The summed E-state index contributed by atoms with van der Waals surface area (Å²) >= 11 is 0. The monoisotopic (exact) mass is 387 g/mol. The number of benzene rings is 3. The van der Waals surface area contributed by atoms with Crippen LogP contribution in [0, 0.1) is 0 Å². The van der Waals surface area contributed by atoms with Gasteiger partial charge in [0.15, 0.2) is 6.61 Å². The molecule has 0 unspecified atom stereocenters. The zero-order valence-electron chi connectivity index (χ0n) is 15.9. The van der Waals surface area contributed by atoms with Gasteiger partial charge in [-0.3, -0.25) is 4.79 Å². The van der Waals surface area contributed by atoms with Gasteiger partial charge in [-0.1, -0.05) is 54.6 Å². The highest BCUT2D eigenvalue weighted by molar-refractivity contribution is 5.94. The van der Waals surface area contributed by atoms with Gasteiger partial charge >= 0.3 is 5.97 Å². The number of fused-ring (bicyclic) bond motifs is 1. The molecule has 0 bridgehead atoms. The van der Waals surface area contributed by atoms with Crippen LogP contribution in [0.2, 0.25) is 0 Å². The van der Waals surface area contributed by atoms with Crippen LogP contribution in [-0.2, 0) is 22.5 Å². The van der Waals surface area contributed by atoms with Crippen LogP contribution in [0.5, 0.6) is 11.5 Å². The van der Waals surface area contributed by atoms with E-state index in [1.807, 2.05) is 36.4 Å². The summed E-state index contributed by atoms with van der Waals surface area (Å²) in [5.41, 5.74) is 2.69. The number of hydrogen-bond acceptors (Lipinski definition) is 4. The van der Waals surface area contributed by atoms with Gasteiger partial charge in [-0.25, -0.2) is 4.79 Å². The van der Waals surface area contributed by atoms with E-state index >= 15 is 0 Å². The van der Waals surface area contributed by atoms with E-state index in [1.165, 1.54) is 5.56 Å². The summed E-state index contributed by atoms with van der Waals surface area (Å²) in [7, 11) is 0. The van der Waals surface area contributed by atoms with Crippen molar-refractivity contribution in [3.8, 4) is 11.5 Å². The third-order valence-electron chi connectivity index (χ3n) is 4.89. The van der Waals surface area contributed by atoms with E-state index in [9.17, 15) is 9.59 Å². The number of para-hydroxylation sites is 2. The number of carbonyl (C=O) groups is 2. The van der Waals surface area contributed by atoms with Crippen molar-refractivity contribution >= 4 is 11.9 Å². The van der Waals surface area contributed by atoms with E-state index in [0.717, 1.165) is 12.0 Å². The van der Waals surface area contributed by atoms with Crippen molar-refractivity contribution in [2.24, 2.45) is 0 Å². The summed E-state index contributed by atoms with van der Waals surface area (Å²) in [4.78, 5) is 26.8. The number of rotatable bonds is 5. The molecule has 0 radical (unpaired) electrons. The van der Waals surface area contributed by atoms with Crippen LogP contribution in [0.3, 0.4) is 0 Å². The Bertz CT molecular complexity index is 1020. The number of nitrogens with zero attached hydrogens (tertiary/aromatic N) is 1. The first-order valence-electron chi connectivity index (χ1n) is 9.54. The van der Waals surface area contributed by atoms with Crippen molar-refractivity contribution in [2.75, 3.05) is 13.2 Å². The molecule has 5 nitrogen and oxygen atoms in total. The molecule has 3 aromatic rings. The maximum atomic E-state index is 12.6. The highest BCUT2D eigenvalue weighted by atomic mass is 16.5. The Kier molecular flexibility index (Phi) is 5.56. The molecule has 1 amide bonds. The lowest BCUT2D eigenvalue weighted by Gasteiger charge is -2.28. The molecule has 4 rings (SSSR count). The van der Waals surface area contributed by atoms with Gasteiger partial charge in [-0.2, -0.15) is 0 Å². The lowest BCUT2D eigenvalue weighted by molar-refractivity contribution is -0.135. The fourth-order valence-electron chi connectivity index (χ4n) is 3.34. The predicted octanol–water partition coefficient (Wildman–Crippen LogP) is 4.22. The summed E-state index contributed by atoms with van der Waals surface area (Å²) in [6.45, 7) is 0.877. The lowest BCUT2D eigenvalue weighted by atomic mass is 10.00. The second-order valence-electron chi connectivity index (χ2n) is 6.82. The average Bonchev–Trinajstić information content (AvgIpc) is 2.78. The quantitative estimate of drug-likeness (QED) is 0.615. The molecule has 0 aromatic heterocycles. The van der Waals surface area contributed by atoms with Crippen LogP contribution in [0.1, 0.15) is 21.5 Å². The summed E-state index contributed by atoms with van der Waals surface area (Å²) in [5.74, 6) is 0.232. The van der Waals surface area contributed by atoms with E-state index < -0.39 is 5.97 Å². The number of carbonyl (C=O) groups excluding carboxylic acids is 2. The van der Waals surface area contributed by atoms with Gasteiger partial charge in [-0.15, -0.1) is 0 Å². The van der Waals surface area contributed by atoms with Crippen LogP contribution in [0.15, 0.2) is 78.9 Å². The Morgan fingerprint density at radius 3 is 2.34 bits per heavy atom. The Morgan fingerprint density at radius 1 is 0.828 bits per heavy atom. The van der Waals surface area contributed by atoms with Gasteiger partial charge < -0.3 is 14.4 Å². The first kappa shape index (κ1) is 18.7. The minimum atomic E-state index is -0.581. The standard InChI is InChI=1S/C24H21NO4/c26-23(25-15-14-18-8-4-5-9-19(18)16-25)17-28-24(27)21-12-6-7-13-22(21)29-20-10-2-1-3-11-20/h1-13H,14-17H2. The Labute approximate surface area is 169 Å². The molecule has 0 spiro atoms. The summed E-state index contributed by atoms with van der Waals surface area (Å²) < 4.78 is 11.1. The molecular formula is C24H21NO4. The van der Waals surface area contributed by atoms with Crippen LogP contribution >= 0.6 is 0 Å². The first-order chi connectivity index (χ1) is 14.2. The molecule has 146 valence electrons. The van der Waals surface area contributed by atoms with Crippen molar-refractivity contribution in [1.29, 1.82) is 0 Å². The van der Waals surface area contributed by atoms with Gasteiger partial charge in [0.05, 0.1) is 0 Å². The lowest BCUT2D eigenvalue weighted by Crippen LogP contribution is -2.38. The second-order valence-corrected chi connectivity index (χ2v) is 6.82. The number of amides is 1. The summed E-state index contributed by atoms with van der Waals surface area (Å²) in [5, 5.41) is 0. The highest BCUT2D eigenvalue weighted by Crippen LogP contribution is 2.25. The van der Waals surface area contributed by atoms with Crippen LogP contribution in [0.4, 0.5) is 0 Å². The molecule has 1 heterocycles. The predicted molar refractivity (Wildman–Crippen MR) is 109 cm³/mol. The van der Waals surface area contributed by atoms with Crippen LogP contribution in [0.25, 0.3) is 0 Å². The number of ether oxygens (including phenoxy) is 2. The first-order valence-corrected chi connectivity index (χ1v) is 9.54. The van der Waals surface area contributed by atoms with Crippen LogP contribution in [-0.4, -0.2) is 29.9 Å². The Hall–Kier alpha value is -3.60. The fraction of sp³-hybridized carbons (Fsp3) is 0.167. The number of esters is 1. The van der Waals surface area contributed by atoms with Gasteiger partial charge in [-0.05, 0) is 41.8 Å². The van der Waals surface area contributed by atoms with Crippen molar-refractivity contribution < 1.29 is 19.1 Å². The van der Waals surface area contributed by atoms with E-state index in [1.54, 1.807) is 41.3 Å². The Balaban J connectivity index is 1.38. The molecule has 5 heteroatoms. The fourth-order valence-corrected chi connectivity index (χ4v) is 3.34. The van der Waals surface area contributed by atoms with Crippen LogP contribution < -0.4 is 4.74 Å². The van der Waals surface area contributed by atoms with Gasteiger partial charge in [0.25, 0.3) is 5.91 Å². The maximum Gasteiger partial charge on any atom is 0.342 e. The largest absolute Gasteiger partial charge is 0.456 e. The minimum absolute atomic E-state index is 0.200. The molecular weight excluding hydrogens is 366 g/mol. The molecule has 0 saturated carbocycles. The van der Waals surface area contributed by atoms with Gasteiger partial charge in [0, 0.05) is 13.1 Å². The molecule has 0 N–H and O–H groups in total. The smallest absolute Gasteiger partial charge is 0.342 e. The minimum Gasteiger partial charge on any atom is -0.456 e. The number of hydrogen-bond donors (Lipinski definition) is 0. The van der Waals surface area contributed by atoms with E-state index in [4.69, 9.17) is 9.47 Å². The molecule has 29 heavy (non-hydrogen) atoms. The second kappa shape index (κ2) is 8.61. The normalized spacial score (nSPS) is 12.8. The summed E-state index contributed by atoms with van der Waals surface area (Å²) in [6, 6.07) is 24.1. The third kappa shape index (κ3) is 4.46. The van der Waals surface area contributed by atoms with Crippen molar-refractivity contribution in [3.05, 3.63) is 95.6 Å². The average molecular weight is 387 g/mol. The molecule has 0 atom stereocenters. The molecule has 1 aliphatic heterocycles. The highest BCUT2D eigenvalue weighted by Gasteiger charge is 2.22. The Morgan fingerprint density at radius 2 is 1.52 bits per heavy atom. The van der Waals surface area contributed by atoms with Gasteiger partial charge in [0.1, 0.15) is 17.1 Å². The molecule has 0 saturated heterocycles. The van der Waals surface area contributed by atoms with E-state index in [2.05, 4.69) is 6.07 Å². The zero-order chi connectivity index (χ0) is 20.1. The third-order valence-corrected chi connectivity index (χ3v) is 4.89. The van der Waals surface area contributed by atoms with Crippen molar-refractivity contribution in [1.82, 2.24) is 4.90 Å². The topological polar surface area (TPSA) is 55.8 Å². The molecule has 1 aliphatic rings. The molecule has 0 aliphatic carbocycles. The van der Waals surface area contributed by atoms with E-state index in [0.29, 0.717) is 24.6 Å². The van der Waals surface area contributed by atoms with E-state index in [-0.39, 0.29) is 18.1 Å². The molecule has 3 aromatic carbocycles. The SMILES string of the molecule is O=C(OCC(=O)N1CCc2ccccc2C1)c1ccccc1Oc1ccccc1. The van der Waals surface area contributed by atoms with Gasteiger partial charge in [0.2, 0.25) is 0 Å². The summed E-state index contributed by atoms with van der Waals surface area (Å²) in [6.07, 6.45) is 0.809. The van der Waals surface area contributed by atoms with Crippen molar-refractivity contribution in [3.63, 3.8) is 0 Å².